The van der Waals surface area contributed by atoms with E-state index in [4.69, 9.17) is 4.42 Å². The molecule has 1 N–H and O–H groups in total. The fourth-order valence-corrected chi connectivity index (χ4v) is 2.47. The van der Waals surface area contributed by atoms with Crippen LogP contribution in [-0.4, -0.2) is 59.0 Å². The molecule has 2 heterocycles. The number of carbonyl (C=O) groups excluding carboxylic acids is 2. The molecule has 1 atom stereocenters. The van der Waals surface area contributed by atoms with Crippen LogP contribution in [0.2, 0.25) is 0 Å². The monoisotopic (exact) mass is 294 g/mol. The highest BCUT2D eigenvalue weighted by Gasteiger charge is 2.28. The number of piperazine rings is 1. The number of aryl methyl sites for hydroxylation is 2. The van der Waals surface area contributed by atoms with Crippen molar-refractivity contribution in [3.8, 4) is 0 Å². The van der Waals surface area contributed by atoms with E-state index in [1.807, 2.05) is 19.9 Å². The summed E-state index contributed by atoms with van der Waals surface area (Å²) in [6, 6.07) is 1.89. The zero-order valence-electron chi connectivity index (χ0n) is 12.8. The van der Waals surface area contributed by atoms with Gasteiger partial charge in [-0.15, -0.1) is 0 Å². The van der Waals surface area contributed by atoms with Gasteiger partial charge in [0.15, 0.2) is 5.76 Å². The number of nitrogens with zero attached hydrogens (tertiary/aromatic N) is 2. The van der Waals surface area contributed by atoms with Gasteiger partial charge in [0, 0.05) is 38.2 Å². The summed E-state index contributed by atoms with van der Waals surface area (Å²) in [5.74, 6) is 0.779. The van der Waals surface area contributed by atoms with E-state index in [0.717, 1.165) is 17.7 Å². The van der Waals surface area contributed by atoms with Crippen molar-refractivity contribution >= 4 is 11.8 Å². The Hall–Kier alpha value is -1.82. The summed E-state index contributed by atoms with van der Waals surface area (Å²) in [5, 5.41) is 9.31. The van der Waals surface area contributed by atoms with Crippen LogP contribution >= 0.6 is 0 Å². The molecule has 0 spiro atoms. The predicted molar refractivity (Wildman–Crippen MR) is 77.0 cm³/mol. The molecule has 2 amide bonds. The van der Waals surface area contributed by atoms with Crippen LogP contribution in [0.1, 0.15) is 35.7 Å². The van der Waals surface area contributed by atoms with Crippen molar-refractivity contribution < 1.29 is 19.1 Å². The smallest absolute Gasteiger partial charge is 0.289 e. The van der Waals surface area contributed by atoms with Gasteiger partial charge in [-0.05, 0) is 19.9 Å². The summed E-state index contributed by atoms with van der Waals surface area (Å²) >= 11 is 0. The fourth-order valence-electron chi connectivity index (χ4n) is 2.47. The van der Waals surface area contributed by atoms with Crippen LogP contribution in [0.5, 0.6) is 0 Å². The maximum absolute atomic E-state index is 12.4. The average molecular weight is 294 g/mol. The average Bonchev–Trinajstić information content (AvgIpc) is 2.87. The minimum absolute atomic E-state index is 0.128. The summed E-state index contributed by atoms with van der Waals surface area (Å²) < 4.78 is 5.58. The Balaban J connectivity index is 2.00. The third-order valence-electron chi connectivity index (χ3n) is 3.75. The van der Waals surface area contributed by atoms with Gasteiger partial charge in [0.1, 0.15) is 11.9 Å². The van der Waals surface area contributed by atoms with Crippen LogP contribution in [0.4, 0.5) is 0 Å². The Bertz CT molecular complexity index is 528. The molecule has 1 aromatic heterocycles. The normalized spacial score (nSPS) is 17.0. The summed E-state index contributed by atoms with van der Waals surface area (Å²) in [6.45, 7) is 7.10. The largest absolute Gasteiger partial charge is 0.456 e. The standard InChI is InChI=1S/C15H22N2O4/c1-4-12-9-10(2)13(21-12)15(20)17-7-5-16(6-8-17)14(19)11(3)18/h9,11,18H,4-8H2,1-3H3. The first-order valence-electron chi connectivity index (χ1n) is 7.29. The van der Waals surface area contributed by atoms with Crippen molar-refractivity contribution in [2.75, 3.05) is 26.2 Å². The van der Waals surface area contributed by atoms with Crippen molar-refractivity contribution in [3.05, 3.63) is 23.2 Å². The summed E-state index contributed by atoms with van der Waals surface area (Å²) in [6.07, 6.45) is -0.239. The Morgan fingerprint density at radius 1 is 1.29 bits per heavy atom. The molecule has 0 aliphatic carbocycles. The van der Waals surface area contributed by atoms with Crippen molar-refractivity contribution in [2.45, 2.75) is 33.3 Å². The molecule has 0 bridgehead atoms. The van der Waals surface area contributed by atoms with Crippen molar-refractivity contribution in [1.82, 2.24) is 9.80 Å². The van der Waals surface area contributed by atoms with E-state index in [1.165, 1.54) is 6.92 Å². The number of aliphatic hydroxyl groups is 1. The van der Waals surface area contributed by atoms with Gasteiger partial charge in [-0.3, -0.25) is 9.59 Å². The third-order valence-corrected chi connectivity index (χ3v) is 3.75. The van der Waals surface area contributed by atoms with Gasteiger partial charge in [0.05, 0.1) is 0 Å². The van der Waals surface area contributed by atoms with Crippen LogP contribution in [0.3, 0.4) is 0 Å². The molecule has 0 radical (unpaired) electrons. The number of amides is 2. The third kappa shape index (κ3) is 3.26. The minimum Gasteiger partial charge on any atom is -0.456 e. The second-order valence-electron chi connectivity index (χ2n) is 5.37. The highest BCUT2D eigenvalue weighted by molar-refractivity contribution is 5.93. The highest BCUT2D eigenvalue weighted by atomic mass is 16.4. The molecule has 1 saturated heterocycles. The van der Waals surface area contributed by atoms with Crippen molar-refractivity contribution in [2.24, 2.45) is 0 Å². The SMILES string of the molecule is CCc1cc(C)c(C(=O)N2CCN(C(=O)C(C)O)CC2)o1. The number of rotatable bonds is 3. The molecule has 1 aliphatic rings. The molecule has 1 aromatic rings. The Morgan fingerprint density at radius 3 is 2.33 bits per heavy atom. The lowest BCUT2D eigenvalue weighted by Gasteiger charge is -2.35. The topological polar surface area (TPSA) is 74.0 Å². The second kappa shape index (κ2) is 6.30. The van der Waals surface area contributed by atoms with E-state index < -0.39 is 6.10 Å². The Labute approximate surface area is 124 Å². The van der Waals surface area contributed by atoms with Crippen LogP contribution in [0, 0.1) is 6.92 Å². The fraction of sp³-hybridized carbons (Fsp3) is 0.600. The maximum atomic E-state index is 12.4. The molecular weight excluding hydrogens is 272 g/mol. The molecule has 2 rings (SSSR count). The number of carbonyl (C=O) groups is 2. The number of hydrogen-bond acceptors (Lipinski definition) is 4. The molecule has 116 valence electrons. The van der Waals surface area contributed by atoms with Gasteiger partial charge in [-0.25, -0.2) is 0 Å². The lowest BCUT2D eigenvalue weighted by atomic mass is 10.2. The number of furan rings is 1. The lowest BCUT2D eigenvalue weighted by Crippen LogP contribution is -2.52. The van der Waals surface area contributed by atoms with Crippen LogP contribution in [0.15, 0.2) is 10.5 Å². The predicted octanol–water partition coefficient (Wildman–Crippen LogP) is 0.816. The van der Waals surface area contributed by atoms with Crippen molar-refractivity contribution in [1.29, 1.82) is 0 Å². The second-order valence-corrected chi connectivity index (χ2v) is 5.37. The molecule has 0 aromatic carbocycles. The summed E-state index contributed by atoms with van der Waals surface area (Å²) in [5.41, 5.74) is 0.847. The zero-order valence-corrected chi connectivity index (χ0v) is 12.8. The molecule has 21 heavy (non-hydrogen) atoms. The molecule has 1 unspecified atom stereocenters. The van der Waals surface area contributed by atoms with Gasteiger partial charge in [0.25, 0.3) is 11.8 Å². The summed E-state index contributed by atoms with van der Waals surface area (Å²) in [7, 11) is 0. The molecule has 6 heteroatoms. The van der Waals surface area contributed by atoms with E-state index in [9.17, 15) is 14.7 Å². The number of aliphatic hydroxyl groups excluding tert-OH is 1. The molecule has 1 aliphatic heterocycles. The molecule has 0 saturated carbocycles. The van der Waals surface area contributed by atoms with E-state index in [1.54, 1.807) is 9.80 Å². The first-order chi connectivity index (χ1) is 9.93. The van der Waals surface area contributed by atoms with Gasteiger partial charge >= 0.3 is 0 Å². The maximum Gasteiger partial charge on any atom is 0.289 e. The highest BCUT2D eigenvalue weighted by Crippen LogP contribution is 2.18. The van der Waals surface area contributed by atoms with E-state index in [0.29, 0.717) is 31.9 Å². The first-order valence-corrected chi connectivity index (χ1v) is 7.29. The van der Waals surface area contributed by atoms with Crippen LogP contribution < -0.4 is 0 Å². The Kier molecular flexibility index (Phi) is 4.67. The summed E-state index contributed by atoms with van der Waals surface area (Å²) in [4.78, 5) is 27.4. The molecule has 6 nitrogen and oxygen atoms in total. The van der Waals surface area contributed by atoms with Crippen LogP contribution in [-0.2, 0) is 11.2 Å². The minimum atomic E-state index is -0.994. The molecular formula is C15H22N2O4. The Morgan fingerprint density at radius 2 is 1.86 bits per heavy atom. The van der Waals surface area contributed by atoms with Gasteiger partial charge in [0.2, 0.25) is 0 Å². The van der Waals surface area contributed by atoms with Gasteiger partial charge in [-0.2, -0.15) is 0 Å². The molecule has 1 fully saturated rings. The van der Waals surface area contributed by atoms with E-state index >= 15 is 0 Å². The van der Waals surface area contributed by atoms with Gasteiger partial charge < -0.3 is 19.3 Å². The first kappa shape index (κ1) is 15.6. The quantitative estimate of drug-likeness (QED) is 0.895. The van der Waals surface area contributed by atoms with E-state index in [2.05, 4.69) is 0 Å². The number of hydrogen-bond donors (Lipinski definition) is 1. The zero-order chi connectivity index (χ0) is 15.6. The van der Waals surface area contributed by atoms with E-state index in [-0.39, 0.29) is 11.8 Å². The van der Waals surface area contributed by atoms with Gasteiger partial charge in [-0.1, -0.05) is 6.92 Å². The van der Waals surface area contributed by atoms with Crippen LogP contribution in [0.25, 0.3) is 0 Å². The lowest BCUT2D eigenvalue weighted by molar-refractivity contribution is -0.140. The van der Waals surface area contributed by atoms with Crippen molar-refractivity contribution in [3.63, 3.8) is 0 Å².